The number of aryl methyl sites for hydroxylation is 2. The topological polar surface area (TPSA) is 67.4 Å². The smallest absolute Gasteiger partial charge is 0.322 e. The van der Waals surface area contributed by atoms with E-state index in [1.54, 1.807) is 24.3 Å². The van der Waals surface area contributed by atoms with Gasteiger partial charge in [0.2, 0.25) is 0 Å². The van der Waals surface area contributed by atoms with Gasteiger partial charge in [-0.15, -0.1) is 0 Å². The summed E-state index contributed by atoms with van der Waals surface area (Å²) >= 11 is 0. The number of hydrogen-bond acceptors (Lipinski definition) is 3. The predicted molar refractivity (Wildman–Crippen MR) is 93.3 cm³/mol. The van der Waals surface area contributed by atoms with E-state index in [9.17, 15) is 9.59 Å². The van der Waals surface area contributed by atoms with Gasteiger partial charge in [0.1, 0.15) is 12.4 Å². The Hall–Kier alpha value is -2.82. The molecule has 0 radical (unpaired) electrons. The third-order valence-corrected chi connectivity index (χ3v) is 3.53. The highest BCUT2D eigenvalue weighted by molar-refractivity contribution is 6.04. The molecule has 0 heterocycles. The van der Waals surface area contributed by atoms with Gasteiger partial charge in [0.05, 0.1) is 6.04 Å². The molecule has 2 aromatic carbocycles. The van der Waals surface area contributed by atoms with Crippen LogP contribution in [0, 0.1) is 13.8 Å². The van der Waals surface area contributed by atoms with Gasteiger partial charge in [-0.1, -0.05) is 36.4 Å². The van der Waals surface area contributed by atoms with Crippen molar-refractivity contribution < 1.29 is 14.3 Å². The Kier molecular flexibility index (Phi) is 5.95. The first kappa shape index (κ1) is 17.5. The number of hydrogen-bond donors (Lipinski definition) is 2. The largest absolute Gasteiger partial charge is 0.491 e. The van der Waals surface area contributed by atoms with Crippen molar-refractivity contribution in [1.29, 1.82) is 0 Å². The van der Waals surface area contributed by atoms with Crippen LogP contribution in [0.15, 0.2) is 48.5 Å². The Morgan fingerprint density at radius 2 is 1.62 bits per heavy atom. The fraction of sp³-hybridized carbons (Fsp3) is 0.263. The van der Waals surface area contributed by atoms with Crippen LogP contribution in [0.5, 0.6) is 5.75 Å². The summed E-state index contributed by atoms with van der Waals surface area (Å²) in [6.45, 7) is 6.09. The zero-order chi connectivity index (χ0) is 17.5. The molecule has 126 valence electrons. The molecule has 2 N–H and O–H groups in total. The van der Waals surface area contributed by atoms with E-state index in [1.165, 1.54) is 0 Å². The minimum Gasteiger partial charge on any atom is -0.491 e. The van der Waals surface area contributed by atoms with E-state index < -0.39 is 11.9 Å². The number of nitrogens with one attached hydrogen (secondary N) is 2. The average molecular weight is 326 g/mol. The predicted octanol–water partition coefficient (Wildman–Crippen LogP) is 3.21. The van der Waals surface area contributed by atoms with Gasteiger partial charge in [-0.2, -0.15) is 0 Å². The van der Waals surface area contributed by atoms with Crippen molar-refractivity contribution >= 4 is 11.9 Å². The van der Waals surface area contributed by atoms with Crippen LogP contribution in [0.1, 0.15) is 28.4 Å². The summed E-state index contributed by atoms with van der Waals surface area (Å²) in [4.78, 5) is 23.8. The van der Waals surface area contributed by atoms with Crippen LogP contribution >= 0.6 is 0 Å². The van der Waals surface area contributed by atoms with Crippen molar-refractivity contribution in [3.63, 3.8) is 0 Å². The fourth-order valence-corrected chi connectivity index (χ4v) is 2.30. The molecule has 1 unspecified atom stereocenters. The minimum atomic E-state index is -0.540. The molecular formula is C19H22N2O3. The summed E-state index contributed by atoms with van der Waals surface area (Å²) < 4.78 is 5.79. The molecular weight excluding hydrogens is 304 g/mol. The molecule has 0 bridgehead atoms. The molecule has 1 atom stereocenters. The SMILES string of the molecule is Cc1cccc(C)c1OCC(C)NC(=O)NC(=O)c1ccccc1. The third-order valence-electron chi connectivity index (χ3n) is 3.53. The first-order valence-corrected chi connectivity index (χ1v) is 7.83. The Balaban J connectivity index is 1.83. The zero-order valence-electron chi connectivity index (χ0n) is 14.1. The van der Waals surface area contributed by atoms with E-state index in [1.807, 2.05) is 45.0 Å². The van der Waals surface area contributed by atoms with Crippen LogP contribution in [-0.4, -0.2) is 24.6 Å². The fourth-order valence-electron chi connectivity index (χ4n) is 2.30. The maximum Gasteiger partial charge on any atom is 0.322 e. The number of imide groups is 1. The molecule has 3 amide bonds. The lowest BCUT2D eigenvalue weighted by Gasteiger charge is -2.17. The molecule has 5 nitrogen and oxygen atoms in total. The van der Waals surface area contributed by atoms with Crippen LogP contribution in [0.2, 0.25) is 0 Å². The second kappa shape index (κ2) is 8.15. The molecule has 0 fully saturated rings. The van der Waals surface area contributed by atoms with Crippen LogP contribution in [0.25, 0.3) is 0 Å². The van der Waals surface area contributed by atoms with Crippen molar-refractivity contribution in [1.82, 2.24) is 10.6 Å². The van der Waals surface area contributed by atoms with Crippen molar-refractivity contribution in [2.24, 2.45) is 0 Å². The van der Waals surface area contributed by atoms with Crippen molar-refractivity contribution in [3.8, 4) is 5.75 Å². The normalized spacial score (nSPS) is 11.5. The van der Waals surface area contributed by atoms with Gasteiger partial charge in [0, 0.05) is 5.56 Å². The van der Waals surface area contributed by atoms with Gasteiger partial charge in [0.15, 0.2) is 0 Å². The maximum absolute atomic E-state index is 11.9. The lowest BCUT2D eigenvalue weighted by atomic mass is 10.1. The van der Waals surface area contributed by atoms with Crippen molar-refractivity contribution in [2.45, 2.75) is 26.8 Å². The van der Waals surface area contributed by atoms with Gasteiger partial charge in [-0.3, -0.25) is 10.1 Å². The molecule has 0 aliphatic carbocycles. The van der Waals surface area contributed by atoms with E-state index in [2.05, 4.69) is 10.6 Å². The number of para-hydroxylation sites is 1. The summed E-state index contributed by atoms with van der Waals surface area (Å²) in [6, 6.07) is 13.7. The number of amides is 3. The van der Waals surface area contributed by atoms with Crippen LogP contribution < -0.4 is 15.4 Å². The molecule has 0 aliphatic heterocycles. The first-order valence-electron chi connectivity index (χ1n) is 7.83. The first-order chi connectivity index (χ1) is 11.5. The monoisotopic (exact) mass is 326 g/mol. The highest BCUT2D eigenvalue weighted by Crippen LogP contribution is 2.22. The Bertz CT molecular complexity index is 694. The lowest BCUT2D eigenvalue weighted by molar-refractivity contribution is 0.0962. The second-order valence-corrected chi connectivity index (χ2v) is 5.73. The van der Waals surface area contributed by atoms with Crippen LogP contribution in [0.4, 0.5) is 4.79 Å². The van der Waals surface area contributed by atoms with E-state index in [0.29, 0.717) is 12.2 Å². The minimum absolute atomic E-state index is 0.243. The number of carbonyl (C=O) groups excluding carboxylic acids is 2. The number of urea groups is 1. The van der Waals surface area contributed by atoms with E-state index >= 15 is 0 Å². The van der Waals surface area contributed by atoms with E-state index in [-0.39, 0.29) is 6.04 Å². The molecule has 0 saturated heterocycles. The summed E-state index contributed by atoms with van der Waals surface area (Å²) in [5, 5.41) is 5.00. The van der Waals surface area contributed by atoms with Crippen LogP contribution in [-0.2, 0) is 0 Å². The molecule has 0 aromatic heterocycles. The number of benzene rings is 2. The summed E-state index contributed by atoms with van der Waals surface area (Å²) in [7, 11) is 0. The molecule has 0 aliphatic rings. The summed E-state index contributed by atoms with van der Waals surface area (Å²) in [5.41, 5.74) is 2.53. The van der Waals surface area contributed by atoms with Crippen molar-refractivity contribution in [2.75, 3.05) is 6.61 Å². The summed E-state index contributed by atoms with van der Waals surface area (Å²) in [5.74, 6) is 0.392. The van der Waals surface area contributed by atoms with Crippen molar-refractivity contribution in [3.05, 3.63) is 65.2 Å². The Labute approximate surface area is 142 Å². The molecule has 2 rings (SSSR count). The van der Waals surface area contributed by atoms with Crippen LogP contribution in [0.3, 0.4) is 0 Å². The molecule has 5 heteroatoms. The standard InChI is InChI=1S/C19H22N2O3/c1-13-8-7-9-14(2)17(13)24-12-15(3)20-19(23)21-18(22)16-10-5-4-6-11-16/h4-11,15H,12H2,1-3H3,(H2,20,21,22,23). The molecule has 2 aromatic rings. The van der Waals surface area contributed by atoms with Gasteiger partial charge in [-0.25, -0.2) is 4.79 Å². The van der Waals surface area contributed by atoms with Gasteiger partial charge < -0.3 is 10.1 Å². The molecule has 0 spiro atoms. The second-order valence-electron chi connectivity index (χ2n) is 5.73. The average Bonchev–Trinajstić information content (AvgIpc) is 2.55. The highest BCUT2D eigenvalue weighted by atomic mass is 16.5. The molecule has 24 heavy (non-hydrogen) atoms. The third kappa shape index (κ3) is 4.84. The maximum atomic E-state index is 11.9. The zero-order valence-corrected chi connectivity index (χ0v) is 14.1. The van der Waals surface area contributed by atoms with Gasteiger partial charge in [0.25, 0.3) is 5.91 Å². The Morgan fingerprint density at radius 1 is 1.00 bits per heavy atom. The lowest BCUT2D eigenvalue weighted by Crippen LogP contribution is -2.45. The Morgan fingerprint density at radius 3 is 2.25 bits per heavy atom. The van der Waals surface area contributed by atoms with Gasteiger partial charge >= 0.3 is 6.03 Å². The number of rotatable bonds is 5. The van der Waals surface area contributed by atoms with Gasteiger partial charge in [-0.05, 0) is 44.0 Å². The number of carbonyl (C=O) groups is 2. The summed E-state index contributed by atoms with van der Waals surface area (Å²) in [6.07, 6.45) is 0. The quantitative estimate of drug-likeness (QED) is 0.886. The highest BCUT2D eigenvalue weighted by Gasteiger charge is 2.13. The molecule has 0 saturated carbocycles. The van der Waals surface area contributed by atoms with E-state index in [0.717, 1.165) is 16.9 Å². The number of ether oxygens (including phenoxy) is 1. The van der Waals surface area contributed by atoms with E-state index in [4.69, 9.17) is 4.74 Å².